The molecule has 8 nitrogen and oxygen atoms in total. The number of hydrogen-bond donors (Lipinski definition) is 1. The maximum atomic E-state index is 13.6. The van der Waals surface area contributed by atoms with Gasteiger partial charge in [-0.15, -0.1) is 0 Å². The Morgan fingerprint density at radius 2 is 1.38 bits per heavy atom. The van der Waals surface area contributed by atoms with Gasteiger partial charge in [0.05, 0.1) is 16.9 Å². The molecule has 1 N–H and O–H groups in total. The highest BCUT2D eigenvalue weighted by Gasteiger charge is 2.25. The highest BCUT2D eigenvalue weighted by atomic mass is 16.6. The molecule has 0 aliphatic heterocycles. The Bertz CT molecular complexity index is 1380. The first-order valence-electron chi connectivity index (χ1n) is 12.2. The van der Waals surface area contributed by atoms with Crippen LogP contribution in [0.15, 0.2) is 95.8 Å². The molecule has 0 atom stereocenters. The first-order valence-corrected chi connectivity index (χ1v) is 12.2. The van der Waals surface area contributed by atoms with Crippen molar-refractivity contribution in [2.24, 2.45) is 0 Å². The molecule has 0 fully saturated rings. The Hall–Kier alpha value is -4.59. The highest BCUT2D eigenvalue weighted by molar-refractivity contribution is 5.79. The zero-order valence-corrected chi connectivity index (χ0v) is 20.6. The van der Waals surface area contributed by atoms with Gasteiger partial charge in [-0.2, -0.15) is 0 Å². The fraction of sp³-hybridized carbons (Fsp3) is 0.207. The molecule has 0 aliphatic carbocycles. The van der Waals surface area contributed by atoms with E-state index in [1.807, 2.05) is 97.9 Å². The molecule has 0 bridgehead atoms. The number of amides is 1. The fourth-order valence-electron chi connectivity index (χ4n) is 3.87. The van der Waals surface area contributed by atoms with Gasteiger partial charge >= 0.3 is 12.1 Å². The number of esters is 1. The van der Waals surface area contributed by atoms with E-state index in [1.165, 1.54) is 4.68 Å². The molecule has 0 radical (unpaired) electrons. The van der Waals surface area contributed by atoms with Gasteiger partial charge in [-0.25, -0.2) is 19.0 Å². The number of nitrogens with one attached hydrogen (secondary N) is 1. The van der Waals surface area contributed by atoms with Gasteiger partial charge in [-0.3, -0.25) is 4.79 Å². The molecule has 0 spiro atoms. The molecule has 0 unspecified atom stereocenters. The molecule has 4 aromatic rings. The molecule has 1 aromatic heterocycles. The minimum Gasteiger partial charge on any atom is -0.445 e. The van der Waals surface area contributed by atoms with Gasteiger partial charge < -0.3 is 14.8 Å². The topological polar surface area (TPSA) is 91.6 Å². The third-order valence-corrected chi connectivity index (χ3v) is 5.68. The Kier molecular flexibility index (Phi) is 8.54. The number of hydrogen-bond acceptors (Lipinski definition) is 5. The molecule has 190 valence electrons. The average Bonchev–Trinajstić information content (AvgIpc) is 3.21. The Morgan fingerprint density at radius 3 is 1.97 bits per heavy atom. The maximum Gasteiger partial charge on any atom is 0.407 e. The van der Waals surface area contributed by atoms with Crippen molar-refractivity contribution >= 4 is 12.1 Å². The normalized spacial score (nSPS) is 10.6. The summed E-state index contributed by atoms with van der Waals surface area (Å²) in [5.74, 6) is -0.581. The molecule has 8 heteroatoms. The summed E-state index contributed by atoms with van der Waals surface area (Å²) in [5, 5.41) is 2.42. The second kappa shape index (κ2) is 12.4. The zero-order chi connectivity index (χ0) is 26.0. The number of benzene rings is 3. The number of unbranched alkanes of at least 4 members (excludes halogenated alkanes) is 1. The third-order valence-electron chi connectivity index (χ3n) is 5.68. The second-order valence-corrected chi connectivity index (χ2v) is 8.38. The smallest absolute Gasteiger partial charge is 0.407 e. The standard InChI is InChI=1S/C29H29N3O5/c1-2-3-19-25-27(34)31(23-15-9-5-10-16-23)32(24-17-11-6-12-18-24)28(25)37-26(33)20-30-29(35)36-21-22-13-7-4-8-14-22/h4-18H,2-3,19-21H2,1H3,(H,30,35). The Labute approximate surface area is 215 Å². The Balaban J connectivity index is 1.60. The lowest BCUT2D eigenvalue weighted by molar-refractivity contribution is -0.133. The van der Waals surface area contributed by atoms with Crippen molar-refractivity contribution in [1.29, 1.82) is 0 Å². The van der Waals surface area contributed by atoms with E-state index in [4.69, 9.17) is 9.47 Å². The fourth-order valence-corrected chi connectivity index (χ4v) is 3.87. The van der Waals surface area contributed by atoms with Crippen LogP contribution in [-0.2, 0) is 22.6 Å². The van der Waals surface area contributed by atoms with E-state index in [-0.39, 0.29) is 18.0 Å². The lowest BCUT2D eigenvalue weighted by Gasteiger charge is -2.15. The number of alkyl carbamates (subject to hydrolysis) is 1. The van der Waals surface area contributed by atoms with Crippen LogP contribution < -0.4 is 15.6 Å². The van der Waals surface area contributed by atoms with Gasteiger partial charge in [0.2, 0.25) is 5.88 Å². The van der Waals surface area contributed by atoms with Crippen molar-refractivity contribution in [3.63, 3.8) is 0 Å². The van der Waals surface area contributed by atoms with Gasteiger partial charge in [-0.05, 0) is 42.7 Å². The minimum absolute atomic E-state index is 0.0797. The summed E-state index contributed by atoms with van der Waals surface area (Å²) in [4.78, 5) is 38.6. The molecule has 3 aromatic carbocycles. The molecule has 0 saturated carbocycles. The van der Waals surface area contributed by atoms with Crippen LogP contribution >= 0.6 is 0 Å². The zero-order valence-electron chi connectivity index (χ0n) is 20.6. The second-order valence-electron chi connectivity index (χ2n) is 8.38. The number of carbonyl (C=O) groups is 2. The predicted octanol–water partition coefficient (Wildman–Crippen LogP) is 4.80. The maximum absolute atomic E-state index is 13.6. The number of nitrogens with zero attached hydrogens (tertiary/aromatic N) is 2. The highest BCUT2D eigenvalue weighted by Crippen LogP contribution is 2.26. The monoisotopic (exact) mass is 499 g/mol. The van der Waals surface area contributed by atoms with E-state index in [0.29, 0.717) is 23.4 Å². The number of rotatable bonds is 10. The van der Waals surface area contributed by atoms with Gasteiger partial charge in [-0.1, -0.05) is 80.1 Å². The van der Waals surface area contributed by atoms with E-state index < -0.39 is 18.6 Å². The molecule has 37 heavy (non-hydrogen) atoms. The van der Waals surface area contributed by atoms with E-state index in [0.717, 1.165) is 18.4 Å². The van der Waals surface area contributed by atoms with Crippen molar-refractivity contribution < 1.29 is 19.1 Å². The largest absolute Gasteiger partial charge is 0.445 e. The Morgan fingerprint density at radius 1 is 0.811 bits per heavy atom. The molecule has 1 amide bonds. The predicted molar refractivity (Wildman–Crippen MR) is 140 cm³/mol. The molecule has 1 heterocycles. The van der Waals surface area contributed by atoms with Crippen LogP contribution in [-0.4, -0.2) is 28.0 Å². The summed E-state index contributed by atoms with van der Waals surface area (Å²) >= 11 is 0. The number of aromatic nitrogens is 2. The quantitative estimate of drug-likeness (QED) is 0.317. The van der Waals surface area contributed by atoms with Crippen LogP contribution in [0.5, 0.6) is 5.88 Å². The minimum atomic E-state index is -0.741. The van der Waals surface area contributed by atoms with Gasteiger partial charge in [0, 0.05) is 0 Å². The van der Waals surface area contributed by atoms with Gasteiger partial charge in [0.15, 0.2) is 0 Å². The van der Waals surface area contributed by atoms with Gasteiger partial charge in [0.1, 0.15) is 13.2 Å². The van der Waals surface area contributed by atoms with E-state index in [2.05, 4.69) is 5.32 Å². The molecular formula is C29H29N3O5. The molecule has 4 rings (SSSR count). The third kappa shape index (κ3) is 6.35. The first kappa shape index (κ1) is 25.5. The van der Waals surface area contributed by atoms with Crippen LogP contribution in [0.25, 0.3) is 11.4 Å². The van der Waals surface area contributed by atoms with Crippen molar-refractivity contribution in [2.45, 2.75) is 32.8 Å². The summed E-state index contributed by atoms with van der Waals surface area (Å²) in [6.45, 7) is 1.69. The summed E-state index contributed by atoms with van der Waals surface area (Å²) < 4.78 is 14.0. The van der Waals surface area contributed by atoms with Crippen molar-refractivity contribution in [3.05, 3.63) is 112 Å². The molecule has 0 aliphatic rings. The van der Waals surface area contributed by atoms with E-state index >= 15 is 0 Å². The first-order chi connectivity index (χ1) is 18.1. The van der Waals surface area contributed by atoms with Crippen molar-refractivity contribution in [2.75, 3.05) is 6.54 Å². The van der Waals surface area contributed by atoms with Crippen LogP contribution in [0.1, 0.15) is 30.9 Å². The SMILES string of the molecule is CCCCc1c(OC(=O)CNC(=O)OCc2ccccc2)n(-c2ccccc2)n(-c2ccccc2)c1=O. The van der Waals surface area contributed by atoms with Crippen LogP contribution in [0, 0.1) is 0 Å². The van der Waals surface area contributed by atoms with Crippen molar-refractivity contribution in [1.82, 2.24) is 14.7 Å². The molecular weight excluding hydrogens is 470 g/mol. The number of ether oxygens (including phenoxy) is 2. The van der Waals surface area contributed by atoms with Crippen LogP contribution in [0.3, 0.4) is 0 Å². The summed E-state index contributed by atoms with van der Waals surface area (Å²) in [6, 6.07) is 27.6. The lowest BCUT2D eigenvalue weighted by Crippen LogP contribution is -2.32. The van der Waals surface area contributed by atoms with Crippen molar-refractivity contribution in [3.8, 4) is 17.3 Å². The summed E-state index contributed by atoms with van der Waals surface area (Å²) in [5.41, 5.74) is 2.26. The summed E-state index contributed by atoms with van der Waals surface area (Å²) in [6.07, 6.45) is 1.31. The van der Waals surface area contributed by atoms with Crippen LogP contribution in [0.2, 0.25) is 0 Å². The average molecular weight is 500 g/mol. The van der Waals surface area contributed by atoms with E-state index in [9.17, 15) is 14.4 Å². The van der Waals surface area contributed by atoms with Crippen LogP contribution in [0.4, 0.5) is 4.79 Å². The van der Waals surface area contributed by atoms with E-state index in [1.54, 1.807) is 4.68 Å². The number of para-hydroxylation sites is 2. The number of carbonyl (C=O) groups excluding carboxylic acids is 2. The molecule has 0 saturated heterocycles. The lowest BCUT2D eigenvalue weighted by atomic mass is 10.1. The summed E-state index contributed by atoms with van der Waals surface area (Å²) in [7, 11) is 0. The van der Waals surface area contributed by atoms with Gasteiger partial charge in [0.25, 0.3) is 5.56 Å².